The smallest absolute Gasteiger partial charge is 0.307 e. The number of pyridine rings is 1. The average molecular weight is 249 g/mol. The number of aliphatic carboxylic acids is 1. The Labute approximate surface area is 102 Å². The summed E-state index contributed by atoms with van der Waals surface area (Å²) in [6, 6.07) is 6.67. The van der Waals surface area contributed by atoms with E-state index < -0.39 is 17.6 Å². The highest BCUT2D eigenvalue weighted by molar-refractivity contribution is 5.74. The van der Waals surface area contributed by atoms with Gasteiger partial charge in [-0.1, -0.05) is 12.1 Å². The predicted molar refractivity (Wildman–Crippen MR) is 60.9 cm³/mol. The van der Waals surface area contributed by atoms with Crippen LogP contribution in [0.3, 0.4) is 0 Å². The lowest BCUT2D eigenvalue weighted by molar-refractivity contribution is -0.136. The molecule has 92 valence electrons. The van der Waals surface area contributed by atoms with Crippen molar-refractivity contribution in [1.82, 2.24) is 4.98 Å². The Hall–Kier alpha value is -2.30. The monoisotopic (exact) mass is 249 g/mol. The van der Waals surface area contributed by atoms with Gasteiger partial charge in [-0.25, -0.2) is 8.78 Å². The number of hydrogen-bond donors (Lipinski definition) is 1. The Kier molecular flexibility index (Phi) is 3.32. The highest BCUT2D eigenvalue weighted by Crippen LogP contribution is 2.23. The number of carboxylic acids is 1. The van der Waals surface area contributed by atoms with Crippen molar-refractivity contribution in [2.45, 2.75) is 6.42 Å². The molecule has 0 bridgehead atoms. The average Bonchev–Trinajstić information content (AvgIpc) is 2.28. The van der Waals surface area contributed by atoms with E-state index in [0.717, 1.165) is 12.3 Å². The summed E-state index contributed by atoms with van der Waals surface area (Å²) in [6.45, 7) is 0. The van der Waals surface area contributed by atoms with E-state index in [0.29, 0.717) is 5.56 Å². The molecule has 3 nitrogen and oxygen atoms in total. The molecule has 0 saturated carbocycles. The van der Waals surface area contributed by atoms with E-state index in [1.54, 1.807) is 6.07 Å². The summed E-state index contributed by atoms with van der Waals surface area (Å²) in [5.41, 5.74) is 0.914. The number of rotatable bonds is 3. The van der Waals surface area contributed by atoms with Crippen LogP contribution >= 0.6 is 0 Å². The Morgan fingerprint density at radius 1 is 1.22 bits per heavy atom. The van der Waals surface area contributed by atoms with Crippen molar-refractivity contribution in [1.29, 1.82) is 0 Å². The minimum Gasteiger partial charge on any atom is -0.481 e. The van der Waals surface area contributed by atoms with Gasteiger partial charge in [0.1, 0.15) is 11.6 Å². The molecule has 0 fully saturated rings. The van der Waals surface area contributed by atoms with Gasteiger partial charge in [0.2, 0.25) is 0 Å². The highest BCUT2D eigenvalue weighted by Gasteiger charge is 2.12. The normalized spacial score (nSPS) is 10.3. The van der Waals surface area contributed by atoms with E-state index in [2.05, 4.69) is 4.98 Å². The van der Waals surface area contributed by atoms with Gasteiger partial charge >= 0.3 is 5.97 Å². The van der Waals surface area contributed by atoms with Gasteiger partial charge < -0.3 is 5.11 Å². The van der Waals surface area contributed by atoms with Crippen molar-refractivity contribution in [2.24, 2.45) is 0 Å². The summed E-state index contributed by atoms with van der Waals surface area (Å²) in [4.78, 5) is 14.5. The summed E-state index contributed by atoms with van der Waals surface area (Å²) in [5.74, 6) is -2.17. The van der Waals surface area contributed by atoms with Crippen LogP contribution in [0.25, 0.3) is 11.3 Å². The second-order valence-corrected chi connectivity index (χ2v) is 3.74. The highest BCUT2D eigenvalue weighted by atomic mass is 19.1. The number of hydrogen-bond acceptors (Lipinski definition) is 2. The molecule has 2 aromatic rings. The molecule has 1 heterocycles. The SMILES string of the molecule is O=C(O)Cc1cc(F)cnc1-c1cccc(F)c1. The molecule has 0 radical (unpaired) electrons. The van der Waals surface area contributed by atoms with Crippen LogP contribution in [0.4, 0.5) is 8.78 Å². The Bertz CT molecular complexity index is 599. The van der Waals surface area contributed by atoms with Crippen LogP contribution in [0.2, 0.25) is 0 Å². The quantitative estimate of drug-likeness (QED) is 0.909. The number of carbonyl (C=O) groups is 1. The van der Waals surface area contributed by atoms with Crippen LogP contribution in [0.5, 0.6) is 0 Å². The predicted octanol–water partition coefficient (Wildman–Crippen LogP) is 2.65. The van der Waals surface area contributed by atoms with Gasteiger partial charge in [-0.2, -0.15) is 0 Å². The molecular formula is C13H9F2NO2. The second kappa shape index (κ2) is 4.91. The standard InChI is InChI=1S/C13H9F2NO2/c14-10-3-1-2-8(4-10)13-9(6-12(17)18)5-11(15)7-16-13/h1-5,7H,6H2,(H,17,18). The summed E-state index contributed by atoms with van der Waals surface area (Å²) < 4.78 is 26.2. The van der Waals surface area contributed by atoms with Crippen molar-refractivity contribution in [2.75, 3.05) is 0 Å². The maximum atomic E-state index is 13.1. The van der Waals surface area contributed by atoms with E-state index in [9.17, 15) is 13.6 Å². The van der Waals surface area contributed by atoms with Crippen LogP contribution in [-0.4, -0.2) is 16.1 Å². The van der Waals surface area contributed by atoms with Gasteiger partial charge in [0.05, 0.1) is 18.3 Å². The van der Waals surface area contributed by atoms with Crippen LogP contribution in [-0.2, 0) is 11.2 Å². The van der Waals surface area contributed by atoms with Crippen molar-refractivity contribution in [3.63, 3.8) is 0 Å². The first kappa shape index (κ1) is 12.2. The van der Waals surface area contributed by atoms with E-state index in [-0.39, 0.29) is 17.7 Å². The summed E-state index contributed by atoms with van der Waals surface area (Å²) >= 11 is 0. The number of carboxylic acid groups (broad SMARTS) is 1. The second-order valence-electron chi connectivity index (χ2n) is 3.74. The lowest BCUT2D eigenvalue weighted by Gasteiger charge is -2.07. The molecule has 0 atom stereocenters. The van der Waals surface area contributed by atoms with E-state index in [4.69, 9.17) is 5.11 Å². The van der Waals surface area contributed by atoms with E-state index in [1.165, 1.54) is 18.2 Å². The zero-order valence-corrected chi connectivity index (χ0v) is 9.23. The van der Waals surface area contributed by atoms with Gasteiger partial charge in [-0.15, -0.1) is 0 Å². The maximum Gasteiger partial charge on any atom is 0.307 e. The third-order valence-corrected chi connectivity index (χ3v) is 2.37. The van der Waals surface area contributed by atoms with E-state index in [1.807, 2.05) is 0 Å². The van der Waals surface area contributed by atoms with Gasteiger partial charge in [-0.3, -0.25) is 9.78 Å². The molecule has 0 spiro atoms. The van der Waals surface area contributed by atoms with Crippen molar-refractivity contribution < 1.29 is 18.7 Å². The Morgan fingerprint density at radius 3 is 2.67 bits per heavy atom. The van der Waals surface area contributed by atoms with Gasteiger partial charge in [-0.05, 0) is 23.8 Å². The molecule has 0 amide bonds. The summed E-state index contributed by atoms with van der Waals surface area (Å²) in [6.07, 6.45) is 0.613. The molecule has 1 N–H and O–H groups in total. The zero-order valence-electron chi connectivity index (χ0n) is 9.23. The van der Waals surface area contributed by atoms with E-state index >= 15 is 0 Å². The minimum atomic E-state index is -1.10. The molecule has 0 aliphatic heterocycles. The van der Waals surface area contributed by atoms with Crippen LogP contribution in [0.1, 0.15) is 5.56 Å². The van der Waals surface area contributed by atoms with Gasteiger partial charge in [0.25, 0.3) is 0 Å². The van der Waals surface area contributed by atoms with Crippen LogP contribution < -0.4 is 0 Å². The molecule has 18 heavy (non-hydrogen) atoms. The molecule has 5 heteroatoms. The first-order valence-corrected chi connectivity index (χ1v) is 5.18. The fourth-order valence-electron chi connectivity index (χ4n) is 1.67. The number of aromatic nitrogens is 1. The van der Waals surface area contributed by atoms with Crippen LogP contribution in [0, 0.1) is 11.6 Å². The van der Waals surface area contributed by atoms with Crippen molar-refractivity contribution >= 4 is 5.97 Å². The topological polar surface area (TPSA) is 50.2 Å². The first-order valence-electron chi connectivity index (χ1n) is 5.18. The maximum absolute atomic E-state index is 13.1. The fourth-order valence-corrected chi connectivity index (χ4v) is 1.67. The van der Waals surface area contributed by atoms with Gasteiger partial charge in [0.15, 0.2) is 0 Å². The zero-order chi connectivity index (χ0) is 13.1. The summed E-state index contributed by atoms with van der Waals surface area (Å²) in [5, 5.41) is 8.76. The molecule has 1 aromatic heterocycles. The third-order valence-electron chi connectivity index (χ3n) is 2.37. The van der Waals surface area contributed by atoms with Crippen molar-refractivity contribution in [3.05, 3.63) is 53.7 Å². The summed E-state index contributed by atoms with van der Waals surface area (Å²) in [7, 11) is 0. The molecular weight excluding hydrogens is 240 g/mol. The molecule has 1 aromatic carbocycles. The lowest BCUT2D eigenvalue weighted by atomic mass is 10.0. The Balaban J connectivity index is 2.52. The molecule has 0 saturated heterocycles. The molecule has 0 unspecified atom stereocenters. The molecule has 0 aliphatic rings. The minimum absolute atomic E-state index is 0.216. The lowest BCUT2D eigenvalue weighted by Crippen LogP contribution is -2.04. The Morgan fingerprint density at radius 2 is 2.00 bits per heavy atom. The third kappa shape index (κ3) is 2.68. The first-order chi connectivity index (χ1) is 8.56. The number of halogens is 2. The molecule has 0 aliphatic carbocycles. The number of nitrogens with zero attached hydrogens (tertiary/aromatic N) is 1. The molecule has 2 rings (SSSR count). The largest absolute Gasteiger partial charge is 0.481 e. The number of benzene rings is 1. The van der Waals surface area contributed by atoms with Crippen LogP contribution in [0.15, 0.2) is 36.5 Å². The fraction of sp³-hybridized carbons (Fsp3) is 0.0769. The van der Waals surface area contributed by atoms with Gasteiger partial charge in [0, 0.05) is 5.56 Å². The van der Waals surface area contributed by atoms with Crippen molar-refractivity contribution in [3.8, 4) is 11.3 Å².